The first-order chi connectivity index (χ1) is 16.1. The van der Waals surface area contributed by atoms with Crippen LogP contribution in [0.5, 0.6) is 0 Å². The van der Waals surface area contributed by atoms with E-state index in [-0.39, 0.29) is 0 Å². The fourth-order valence-corrected chi connectivity index (χ4v) is 6.43. The summed E-state index contributed by atoms with van der Waals surface area (Å²) in [4.78, 5) is 9.79. The molecule has 0 aromatic heterocycles. The maximum atomic E-state index is 10.5. The zero-order valence-corrected chi connectivity index (χ0v) is 21.9. The Kier molecular flexibility index (Phi) is 11.8. The van der Waals surface area contributed by atoms with Gasteiger partial charge in [0.05, 0.1) is 11.6 Å². The van der Waals surface area contributed by atoms with Crippen molar-refractivity contribution in [3.05, 3.63) is 64.7 Å². The van der Waals surface area contributed by atoms with Gasteiger partial charge in [-0.15, -0.1) is 11.8 Å². The molecule has 2 N–H and O–H groups in total. The lowest BCUT2D eigenvalue weighted by Crippen LogP contribution is -2.29. The van der Waals surface area contributed by atoms with Crippen LogP contribution in [0.3, 0.4) is 0 Å². The molecular formula is C26H37ClNO3PS. The molecule has 33 heavy (non-hydrogen) atoms. The molecule has 1 fully saturated rings. The van der Waals surface area contributed by atoms with Gasteiger partial charge in [0.25, 0.3) is 0 Å². The summed E-state index contributed by atoms with van der Waals surface area (Å²) in [6.07, 6.45) is 11.2. The second-order valence-corrected chi connectivity index (χ2v) is 11.3. The Labute approximate surface area is 208 Å². The van der Waals surface area contributed by atoms with Crippen molar-refractivity contribution < 1.29 is 14.0 Å². The molecule has 2 aromatic carbocycles. The number of halogens is 1. The SMILES string of the molecule is O=[PH](O)OCCCNCc1ccc(SCCCCC2(c3ccccc3)CCCCC2)c(Cl)c1. The van der Waals surface area contributed by atoms with Gasteiger partial charge in [-0.2, -0.15) is 0 Å². The summed E-state index contributed by atoms with van der Waals surface area (Å²) in [7, 11) is -2.81. The highest BCUT2D eigenvalue weighted by atomic mass is 35.5. The Morgan fingerprint density at radius 2 is 1.85 bits per heavy atom. The lowest BCUT2D eigenvalue weighted by Gasteiger charge is -2.38. The van der Waals surface area contributed by atoms with Gasteiger partial charge in [0.2, 0.25) is 0 Å². The molecule has 3 rings (SSSR count). The van der Waals surface area contributed by atoms with Crippen LogP contribution in [0.2, 0.25) is 5.02 Å². The summed E-state index contributed by atoms with van der Waals surface area (Å²) in [5.74, 6) is 1.09. The molecule has 0 saturated heterocycles. The Balaban J connectivity index is 1.38. The molecule has 0 spiro atoms. The minimum absolute atomic E-state index is 0.296. The average Bonchev–Trinajstić information content (AvgIpc) is 2.83. The van der Waals surface area contributed by atoms with Gasteiger partial charge in [-0.1, -0.05) is 73.7 Å². The first-order valence-electron chi connectivity index (χ1n) is 12.1. The van der Waals surface area contributed by atoms with E-state index in [9.17, 15) is 4.57 Å². The maximum absolute atomic E-state index is 10.5. The zero-order valence-electron chi connectivity index (χ0n) is 19.4. The van der Waals surface area contributed by atoms with Gasteiger partial charge in [0, 0.05) is 11.4 Å². The van der Waals surface area contributed by atoms with Crippen LogP contribution >= 0.6 is 31.6 Å². The molecule has 7 heteroatoms. The highest BCUT2D eigenvalue weighted by Gasteiger charge is 2.32. The fourth-order valence-electron chi connectivity index (χ4n) is 4.81. The van der Waals surface area contributed by atoms with Crippen molar-refractivity contribution in [1.29, 1.82) is 0 Å². The van der Waals surface area contributed by atoms with Crippen molar-refractivity contribution in [2.24, 2.45) is 0 Å². The lowest BCUT2D eigenvalue weighted by molar-refractivity contribution is 0.268. The van der Waals surface area contributed by atoms with E-state index in [0.29, 0.717) is 18.4 Å². The molecule has 1 aliphatic carbocycles. The molecule has 1 unspecified atom stereocenters. The smallest absolute Gasteiger partial charge is 0.316 e. The van der Waals surface area contributed by atoms with Crippen LogP contribution < -0.4 is 5.32 Å². The van der Waals surface area contributed by atoms with Crippen LogP contribution in [-0.4, -0.2) is 23.8 Å². The molecule has 0 amide bonds. The van der Waals surface area contributed by atoms with Crippen molar-refractivity contribution >= 4 is 31.6 Å². The average molecular weight is 510 g/mol. The molecule has 0 radical (unpaired) electrons. The van der Waals surface area contributed by atoms with Crippen molar-refractivity contribution in [3.8, 4) is 0 Å². The number of rotatable bonds is 14. The second-order valence-electron chi connectivity index (χ2n) is 8.92. The second kappa shape index (κ2) is 14.6. The van der Waals surface area contributed by atoms with Crippen LogP contribution in [0.4, 0.5) is 0 Å². The van der Waals surface area contributed by atoms with Crippen molar-refractivity contribution in [1.82, 2.24) is 5.32 Å². The fraction of sp³-hybridized carbons (Fsp3) is 0.538. The normalized spacial score (nSPS) is 16.5. The molecule has 1 saturated carbocycles. The molecule has 182 valence electrons. The summed E-state index contributed by atoms with van der Waals surface area (Å²) in [6.45, 7) is 1.75. The van der Waals surface area contributed by atoms with Gasteiger partial charge >= 0.3 is 8.25 Å². The van der Waals surface area contributed by atoms with E-state index in [1.807, 2.05) is 17.8 Å². The molecular weight excluding hydrogens is 473 g/mol. The van der Waals surface area contributed by atoms with Gasteiger partial charge in [-0.05, 0) is 73.1 Å². The predicted molar refractivity (Wildman–Crippen MR) is 141 cm³/mol. The Morgan fingerprint density at radius 3 is 2.58 bits per heavy atom. The van der Waals surface area contributed by atoms with E-state index in [0.717, 1.165) is 34.3 Å². The van der Waals surface area contributed by atoms with Crippen LogP contribution in [0.25, 0.3) is 0 Å². The van der Waals surface area contributed by atoms with Crippen LogP contribution in [0, 0.1) is 0 Å². The summed E-state index contributed by atoms with van der Waals surface area (Å²) in [5.41, 5.74) is 3.07. The van der Waals surface area contributed by atoms with Gasteiger partial charge in [0.1, 0.15) is 0 Å². The molecule has 1 atom stereocenters. The highest BCUT2D eigenvalue weighted by Crippen LogP contribution is 2.43. The van der Waals surface area contributed by atoms with E-state index >= 15 is 0 Å². The topological polar surface area (TPSA) is 58.6 Å². The molecule has 0 bridgehead atoms. The zero-order chi connectivity index (χ0) is 23.4. The summed E-state index contributed by atoms with van der Waals surface area (Å²) < 4.78 is 15.2. The van der Waals surface area contributed by atoms with E-state index in [1.54, 1.807) is 5.56 Å². The Bertz CT molecular complexity index is 862. The minimum Gasteiger partial charge on any atom is -0.326 e. The third-order valence-corrected chi connectivity index (χ3v) is 8.59. The number of unbranched alkanes of at least 4 members (excludes halogenated alkanes) is 1. The Hall–Kier alpha value is -0.810. The van der Waals surface area contributed by atoms with Crippen LogP contribution in [0.15, 0.2) is 53.4 Å². The van der Waals surface area contributed by atoms with Gasteiger partial charge in [0.15, 0.2) is 0 Å². The minimum atomic E-state index is -2.81. The third kappa shape index (κ3) is 9.05. The Morgan fingerprint density at radius 1 is 1.06 bits per heavy atom. The number of nitrogens with one attached hydrogen (secondary N) is 1. The molecule has 0 heterocycles. The number of thioether (sulfide) groups is 1. The lowest BCUT2D eigenvalue weighted by atomic mass is 9.67. The molecule has 4 nitrogen and oxygen atoms in total. The highest BCUT2D eigenvalue weighted by molar-refractivity contribution is 7.99. The maximum Gasteiger partial charge on any atom is 0.316 e. The number of hydrogen-bond acceptors (Lipinski definition) is 4. The van der Waals surface area contributed by atoms with Crippen molar-refractivity contribution in [2.75, 3.05) is 18.9 Å². The molecule has 1 aliphatic rings. The largest absolute Gasteiger partial charge is 0.326 e. The van der Waals surface area contributed by atoms with E-state index in [1.165, 1.54) is 51.4 Å². The third-order valence-electron chi connectivity index (χ3n) is 6.55. The van der Waals surface area contributed by atoms with Gasteiger partial charge < -0.3 is 14.7 Å². The van der Waals surface area contributed by atoms with E-state index in [2.05, 4.69) is 52.3 Å². The predicted octanol–water partition coefficient (Wildman–Crippen LogP) is 7.38. The first-order valence-corrected chi connectivity index (χ1v) is 14.7. The van der Waals surface area contributed by atoms with Crippen molar-refractivity contribution in [3.63, 3.8) is 0 Å². The molecule has 0 aliphatic heterocycles. The summed E-state index contributed by atoms with van der Waals surface area (Å²) >= 11 is 8.39. The van der Waals surface area contributed by atoms with E-state index < -0.39 is 8.25 Å². The standard InChI is InChI=1S/C26H37ClNO3PS/c27-24-20-22(21-28-17-9-18-31-32(29)30)12-13-25(24)33-19-8-7-16-26(14-5-2-6-15-26)23-10-3-1-4-11-23/h1,3-4,10-13,20,28,32H,2,5-9,14-19,21H2,(H,29,30). The quantitative estimate of drug-likeness (QED) is 0.158. The number of hydrogen-bond donors (Lipinski definition) is 2. The monoisotopic (exact) mass is 509 g/mol. The van der Waals surface area contributed by atoms with Gasteiger partial charge in [-0.25, -0.2) is 0 Å². The summed E-state index contributed by atoms with van der Waals surface area (Å²) in [6, 6.07) is 17.5. The summed E-state index contributed by atoms with van der Waals surface area (Å²) in [5, 5.41) is 4.13. The van der Waals surface area contributed by atoms with Crippen LogP contribution in [-0.2, 0) is 21.0 Å². The molecule has 2 aromatic rings. The van der Waals surface area contributed by atoms with Gasteiger partial charge in [-0.3, -0.25) is 4.57 Å². The van der Waals surface area contributed by atoms with E-state index in [4.69, 9.17) is 16.5 Å². The van der Waals surface area contributed by atoms with Crippen LogP contribution in [0.1, 0.15) is 68.9 Å². The number of benzene rings is 2. The first kappa shape index (κ1) is 26.8. The van der Waals surface area contributed by atoms with Crippen molar-refractivity contribution in [2.45, 2.75) is 74.6 Å².